The number of hydrogen-bond donors (Lipinski definition) is 2. The van der Waals surface area contributed by atoms with Crippen molar-refractivity contribution in [3.63, 3.8) is 0 Å². The first-order valence-corrected chi connectivity index (χ1v) is 10.5. The minimum absolute atomic E-state index is 0.260. The fraction of sp³-hybridized carbons (Fsp3) is 0.476. The van der Waals surface area contributed by atoms with Crippen molar-refractivity contribution in [2.75, 3.05) is 0 Å². The van der Waals surface area contributed by atoms with E-state index in [2.05, 4.69) is 35.5 Å². The van der Waals surface area contributed by atoms with Crippen LogP contribution in [0.5, 0.6) is 0 Å². The molecule has 0 radical (unpaired) electrons. The standard InChI is InChI=1S/C21H26FN7O2/c1-12-11-15(8-9-16(12)22)18-25-20(31-28-18)14(3)24-21(30)23-13(2)19-27-26-17-7-5-4-6-10-29(17)19/h8-9,11,13-14H,4-7,10H2,1-3H3,(H2,23,24,30). The Morgan fingerprint density at radius 2 is 1.97 bits per heavy atom. The highest BCUT2D eigenvalue weighted by atomic mass is 19.1. The number of amides is 2. The third-order valence-electron chi connectivity index (χ3n) is 5.45. The predicted molar refractivity (Wildman–Crippen MR) is 111 cm³/mol. The van der Waals surface area contributed by atoms with E-state index in [1.54, 1.807) is 26.0 Å². The highest BCUT2D eigenvalue weighted by Gasteiger charge is 2.23. The molecule has 1 aliphatic rings. The molecule has 4 rings (SSSR count). The number of nitrogens with one attached hydrogen (secondary N) is 2. The second kappa shape index (κ2) is 8.83. The lowest BCUT2D eigenvalue weighted by atomic mass is 10.1. The summed E-state index contributed by atoms with van der Waals surface area (Å²) in [5.41, 5.74) is 1.14. The van der Waals surface area contributed by atoms with Crippen LogP contribution in [0.15, 0.2) is 22.7 Å². The Labute approximate surface area is 179 Å². The maximum atomic E-state index is 13.5. The number of carbonyl (C=O) groups is 1. The van der Waals surface area contributed by atoms with Gasteiger partial charge in [-0.25, -0.2) is 9.18 Å². The topological polar surface area (TPSA) is 111 Å². The molecule has 1 aromatic carbocycles. The molecule has 3 heterocycles. The quantitative estimate of drug-likeness (QED) is 0.643. The van der Waals surface area contributed by atoms with E-state index in [1.807, 2.05) is 6.92 Å². The third kappa shape index (κ3) is 4.57. The van der Waals surface area contributed by atoms with Crippen molar-refractivity contribution in [2.45, 2.75) is 65.1 Å². The minimum atomic E-state index is -0.509. The van der Waals surface area contributed by atoms with Crippen molar-refractivity contribution < 1.29 is 13.7 Å². The van der Waals surface area contributed by atoms with Gasteiger partial charge in [-0.05, 0) is 57.4 Å². The summed E-state index contributed by atoms with van der Waals surface area (Å²) in [6.07, 6.45) is 4.28. The van der Waals surface area contributed by atoms with E-state index >= 15 is 0 Å². The Balaban J connectivity index is 1.38. The molecule has 9 nitrogen and oxygen atoms in total. The maximum absolute atomic E-state index is 13.5. The highest BCUT2D eigenvalue weighted by Crippen LogP contribution is 2.22. The van der Waals surface area contributed by atoms with E-state index in [1.165, 1.54) is 12.5 Å². The average Bonchev–Trinajstić information content (AvgIpc) is 3.32. The van der Waals surface area contributed by atoms with Crippen LogP contribution in [0.3, 0.4) is 0 Å². The molecule has 10 heteroatoms. The Hall–Kier alpha value is -3.30. The molecule has 0 fully saturated rings. The van der Waals surface area contributed by atoms with Gasteiger partial charge in [-0.1, -0.05) is 11.6 Å². The first-order valence-electron chi connectivity index (χ1n) is 10.5. The fourth-order valence-electron chi connectivity index (χ4n) is 3.70. The Morgan fingerprint density at radius 3 is 2.77 bits per heavy atom. The summed E-state index contributed by atoms with van der Waals surface area (Å²) in [6, 6.07) is 3.42. The van der Waals surface area contributed by atoms with Gasteiger partial charge < -0.3 is 19.7 Å². The summed E-state index contributed by atoms with van der Waals surface area (Å²) < 4.78 is 20.9. The number of hydrogen-bond acceptors (Lipinski definition) is 6. The molecule has 0 bridgehead atoms. The number of carbonyl (C=O) groups excluding carboxylic acids is 1. The van der Waals surface area contributed by atoms with Gasteiger partial charge in [0.2, 0.25) is 11.7 Å². The number of rotatable bonds is 5. The molecule has 0 saturated carbocycles. The smallest absolute Gasteiger partial charge is 0.316 e. The van der Waals surface area contributed by atoms with Crippen LogP contribution in [0.2, 0.25) is 0 Å². The number of halogens is 1. The van der Waals surface area contributed by atoms with Gasteiger partial charge in [0.05, 0.1) is 6.04 Å². The molecular formula is C21H26FN7O2. The summed E-state index contributed by atoms with van der Waals surface area (Å²) >= 11 is 0. The Morgan fingerprint density at radius 1 is 1.16 bits per heavy atom. The molecule has 0 saturated heterocycles. The van der Waals surface area contributed by atoms with Crippen molar-refractivity contribution in [3.05, 3.63) is 47.1 Å². The molecule has 2 aromatic heterocycles. The minimum Gasteiger partial charge on any atom is -0.337 e. The van der Waals surface area contributed by atoms with Gasteiger partial charge >= 0.3 is 6.03 Å². The molecule has 2 amide bonds. The van der Waals surface area contributed by atoms with Gasteiger partial charge in [0.25, 0.3) is 0 Å². The molecule has 2 atom stereocenters. The van der Waals surface area contributed by atoms with E-state index in [4.69, 9.17) is 4.52 Å². The summed E-state index contributed by atoms with van der Waals surface area (Å²) in [5.74, 6) is 2.04. The van der Waals surface area contributed by atoms with Crippen molar-refractivity contribution in [1.82, 2.24) is 35.5 Å². The third-order valence-corrected chi connectivity index (χ3v) is 5.45. The number of benzene rings is 1. The molecule has 0 spiro atoms. The molecule has 0 aliphatic carbocycles. The first-order chi connectivity index (χ1) is 14.9. The zero-order valence-corrected chi connectivity index (χ0v) is 17.9. The second-order valence-electron chi connectivity index (χ2n) is 7.92. The normalized spacial score (nSPS) is 15.6. The van der Waals surface area contributed by atoms with Gasteiger partial charge in [-0.2, -0.15) is 4.98 Å². The van der Waals surface area contributed by atoms with Crippen LogP contribution in [0, 0.1) is 12.7 Å². The number of aryl methyl sites for hydroxylation is 2. The van der Waals surface area contributed by atoms with E-state index in [0.29, 0.717) is 17.0 Å². The van der Waals surface area contributed by atoms with Crippen molar-refractivity contribution in [3.8, 4) is 11.4 Å². The summed E-state index contributed by atoms with van der Waals surface area (Å²) in [4.78, 5) is 16.8. The summed E-state index contributed by atoms with van der Waals surface area (Å²) in [5, 5.41) is 18.2. The zero-order valence-electron chi connectivity index (χ0n) is 17.9. The molecule has 2 N–H and O–H groups in total. The van der Waals surface area contributed by atoms with E-state index < -0.39 is 6.04 Å². The van der Waals surface area contributed by atoms with E-state index in [0.717, 1.165) is 37.5 Å². The van der Waals surface area contributed by atoms with Crippen LogP contribution in [-0.2, 0) is 13.0 Å². The van der Waals surface area contributed by atoms with Crippen LogP contribution >= 0.6 is 0 Å². The molecule has 31 heavy (non-hydrogen) atoms. The van der Waals surface area contributed by atoms with Gasteiger partial charge in [-0.15, -0.1) is 10.2 Å². The molecule has 1 aliphatic heterocycles. The van der Waals surface area contributed by atoms with E-state index in [-0.39, 0.29) is 23.8 Å². The number of nitrogens with zero attached hydrogens (tertiary/aromatic N) is 5. The van der Waals surface area contributed by atoms with Crippen LogP contribution in [0.4, 0.5) is 9.18 Å². The molecule has 164 valence electrons. The van der Waals surface area contributed by atoms with Gasteiger partial charge in [0, 0.05) is 18.5 Å². The van der Waals surface area contributed by atoms with Gasteiger partial charge in [0.1, 0.15) is 17.7 Å². The number of aromatic nitrogens is 5. The number of fused-ring (bicyclic) bond motifs is 1. The van der Waals surface area contributed by atoms with Crippen LogP contribution < -0.4 is 10.6 Å². The van der Waals surface area contributed by atoms with Crippen molar-refractivity contribution >= 4 is 6.03 Å². The number of urea groups is 1. The fourth-order valence-corrected chi connectivity index (χ4v) is 3.70. The van der Waals surface area contributed by atoms with Crippen molar-refractivity contribution in [1.29, 1.82) is 0 Å². The monoisotopic (exact) mass is 427 g/mol. The first kappa shape index (κ1) is 21.0. The second-order valence-corrected chi connectivity index (χ2v) is 7.92. The Kier molecular flexibility index (Phi) is 5.97. The van der Waals surface area contributed by atoms with Crippen LogP contribution in [-0.4, -0.2) is 30.9 Å². The van der Waals surface area contributed by atoms with E-state index in [9.17, 15) is 9.18 Å². The molecular weight excluding hydrogens is 401 g/mol. The maximum Gasteiger partial charge on any atom is 0.316 e. The van der Waals surface area contributed by atoms with Crippen LogP contribution in [0.25, 0.3) is 11.4 Å². The predicted octanol–water partition coefficient (Wildman–Crippen LogP) is 3.62. The summed E-state index contributed by atoms with van der Waals surface area (Å²) in [6.45, 7) is 6.17. The lowest BCUT2D eigenvalue weighted by molar-refractivity contribution is 0.230. The van der Waals surface area contributed by atoms with Gasteiger partial charge in [0.15, 0.2) is 5.82 Å². The highest BCUT2D eigenvalue weighted by molar-refractivity contribution is 5.74. The molecule has 2 unspecified atom stereocenters. The molecule has 3 aromatic rings. The lowest BCUT2D eigenvalue weighted by Crippen LogP contribution is -2.39. The average molecular weight is 427 g/mol. The largest absolute Gasteiger partial charge is 0.337 e. The zero-order chi connectivity index (χ0) is 22.0. The van der Waals surface area contributed by atoms with Crippen LogP contribution in [0.1, 0.15) is 68.3 Å². The lowest BCUT2D eigenvalue weighted by Gasteiger charge is -2.17. The summed E-state index contributed by atoms with van der Waals surface area (Å²) in [7, 11) is 0. The van der Waals surface area contributed by atoms with Crippen molar-refractivity contribution in [2.24, 2.45) is 0 Å². The Bertz CT molecular complexity index is 1080. The SMILES string of the molecule is Cc1cc(-c2noc(C(C)NC(=O)NC(C)c3nnc4n3CCCCC4)n2)ccc1F. The van der Waals surface area contributed by atoms with Gasteiger partial charge in [-0.3, -0.25) is 0 Å².